The van der Waals surface area contributed by atoms with E-state index in [0.717, 1.165) is 24.0 Å². The zero-order chi connectivity index (χ0) is 22.5. The molecule has 8 heteroatoms. The SMILES string of the molecule is CCCCn1c(SCC(=O)Nc2ccccc2F)nc2c(-c3ccccc3)c[nH]c2c1=O. The van der Waals surface area contributed by atoms with Gasteiger partial charge in [-0.3, -0.25) is 14.2 Å². The number of nitrogens with zero attached hydrogens (tertiary/aromatic N) is 2. The number of hydrogen-bond donors (Lipinski definition) is 2. The number of aromatic nitrogens is 3. The third-order valence-electron chi connectivity index (χ3n) is 5.05. The molecule has 4 rings (SSSR count). The van der Waals surface area contributed by atoms with Crippen molar-refractivity contribution in [2.75, 3.05) is 11.1 Å². The molecule has 0 radical (unpaired) electrons. The number of hydrogen-bond acceptors (Lipinski definition) is 4. The molecule has 0 saturated carbocycles. The molecule has 0 bridgehead atoms. The van der Waals surface area contributed by atoms with Crippen molar-refractivity contribution in [2.24, 2.45) is 0 Å². The number of unbranched alkanes of at least 4 members (excludes halogenated alkanes) is 1. The largest absolute Gasteiger partial charge is 0.355 e. The van der Waals surface area contributed by atoms with Gasteiger partial charge in [0, 0.05) is 18.3 Å². The number of anilines is 1. The Balaban J connectivity index is 1.66. The Kier molecular flexibility index (Phi) is 6.70. The van der Waals surface area contributed by atoms with E-state index in [0.29, 0.717) is 22.7 Å². The van der Waals surface area contributed by atoms with Crippen LogP contribution in [-0.4, -0.2) is 26.2 Å². The average molecular weight is 451 g/mol. The quantitative estimate of drug-likeness (QED) is 0.290. The average Bonchev–Trinajstić information content (AvgIpc) is 3.23. The monoisotopic (exact) mass is 450 g/mol. The van der Waals surface area contributed by atoms with E-state index >= 15 is 0 Å². The van der Waals surface area contributed by atoms with Crippen molar-refractivity contribution >= 4 is 34.4 Å². The molecule has 1 amide bonds. The molecule has 164 valence electrons. The Hall–Kier alpha value is -3.39. The number of H-pyrrole nitrogens is 1. The summed E-state index contributed by atoms with van der Waals surface area (Å²) in [6.45, 7) is 2.56. The summed E-state index contributed by atoms with van der Waals surface area (Å²) in [5.41, 5.74) is 2.76. The van der Waals surface area contributed by atoms with Crippen molar-refractivity contribution in [3.63, 3.8) is 0 Å². The highest BCUT2D eigenvalue weighted by atomic mass is 32.2. The van der Waals surface area contributed by atoms with Gasteiger partial charge in [-0.15, -0.1) is 0 Å². The lowest BCUT2D eigenvalue weighted by molar-refractivity contribution is -0.113. The molecule has 0 saturated heterocycles. The van der Waals surface area contributed by atoms with Crippen LogP contribution in [0.1, 0.15) is 19.8 Å². The predicted octanol–water partition coefficient (Wildman–Crippen LogP) is 5.06. The Morgan fingerprint density at radius 2 is 1.91 bits per heavy atom. The van der Waals surface area contributed by atoms with Crippen molar-refractivity contribution < 1.29 is 9.18 Å². The maximum Gasteiger partial charge on any atom is 0.278 e. The third kappa shape index (κ3) is 4.60. The summed E-state index contributed by atoms with van der Waals surface area (Å²) >= 11 is 1.17. The summed E-state index contributed by atoms with van der Waals surface area (Å²) in [7, 11) is 0. The maximum absolute atomic E-state index is 13.8. The summed E-state index contributed by atoms with van der Waals surface area (Å²) in [5, 5.41) is 3.04. The van der Waals surface area contributed by atoms with Gasteiger partial charge in [-0.25, -0.2) is 9.37 Å². The van der Waals surface area contributed by atoms with Crippen LogP contribution in [-0.2, 0) is 11.3 Å². The topological polar surface area (TPSA) is 79.8 Å². The van der Waals surface area contributed by atoms with Crippen molar-refractivity contribution in [3.05, 3.63) is 77.0 Å². The lowest BCUT2D eigenvalue weighted by Gasteiger charge is -2.12. The fourth-order valence-corrected chi connectivity index (χ4v) is 4.23. The van der Waals surface area contributed by atoms with Gasteiger partial charge in [-0.2, -0.15) is 0 Å². The van der Waals surface area contributed by atoms with E-state index in [1.54, 1.807) is 22.9 Å². The molecule has 32 heavy (non-hydrogen) atoms. The van der Waals surface area contributed by atoms with Gasteiger partial charge in [0.05, 0.1) is 11.4 Å². The predicted molar refractivity (Wildman–Crippen MR) is 126 cm³/mol. The molecule has 2 heterocycles. The van der Waals surface area contributed by atoms with Gasteiger partial charge in [0.15, 0.2) is 5.16 Å². The van der Waals surface area contributed by atoms with Gasteiger partial charge < -0.3 is 10.3 Å². The molecule has 0 aliphatic rings. The number of fused-ring (bicyclic) bond motifs is 1. The molecule has 0 spiro atoms. The van der Waals surface area contributed by atoms with E-state index in [-0.39, 0.29) is 22.9 Å². The van der Waals surface area contributed by atoms with Crippen molar-refractivity contribution in [2.45, 2.75) is 31.5 Å². The summed E-state index contributed by atoms with van der Waals surface area (Å²) in [5.74, 6) is -0.859. The molecule has 0 unspecified atom stereocenters. The number of nitrogens with one attached hydrogen (secondary N) is 2. The normalized spacial score (nSPS) is 11.1. The van der Waals surface area contributed by atoms with E-state index < -0.39 is 5.82 Å². The molecule has 0 fully saturated rings. The van der Waals surface area contributed by atoms with Crippen LogP contribution in [0.3, 0.4) is 0 Å². The van der Waals surface area contributed by atoms with E-state index in [9.17, 15) is 14.0 Å². The summed E-state index contributed by atoms with van der Waals surface area (Å²) < 4.78 is 15.4. The number of aromatic amines is 1. The first-order chi connectivity index (χ1) is 15.6. The molecule has 2 aromatic carbocycles. The molecule has 0 aliphatic carbocycles. The number of carbonyl (C=O) groups excluding carboxylic acids is 1. The second kappa shape index (κ2) is 9.82. The van der Waals surface area contributed by atoms with E-state index in [2.05, 4.69) is 10.3 Å². The van der Waals surface area contributed by atoms with Gasteiger partial charge in [0.25, 0.3) is 5.56 Å². The highest BCUT2D eigenvalue weighted by Crippen LogP contribution is 2.28. The molecule has 0 atom stereocenters. The van der Waals surface area contributed by atoms with E-state index in [1.807, 2.05) is 37.3 Å². The fraction of sp³-hybridized carbons (Fsp3) is 0.208. The van der Waals surface area contributed by atoms with Gasteiger partial charge in [0.2, 0.25) is 5.91 Å². The first kappa shape index (κ1) is 21.8. The molecule has 2 N–H and O–H groups in total. The number of para-hydroxylation sites is 1. The van der Waals surface area contributed by atoms with E-state index in [4.69, 9.17) is 4.98 Å². The molecule has 2 aromatic heterocycles. The molecule has 0 aliphatic heterocycles. The van der Waals surface area contributed by atoms with Crippen molar-refractivity contribution in [3.8, 4) is 11.1 Å². The van der Waals surface area contributed by atoms with E-state index in [1.165, 1.54) is 23.9 Å². The minimum Gasteiger partial charge on any atom is -0.355 e. The van der Waals surface area contributed by atoms with Crippen LogP contribution in [0.2, 0.25) is 0 Å². The Bertz CT molecular complexity index is 1300. The Morgan fingerprint density at radius 1 is 1.16 bits per heavy atom. The van der Waals surface area contributed by atoms with Crippen molar-refractivity contribution in [1.82, 2.24) is 14.5 Å². The van der Waals surface area contributed by atoms with Crippen molar-refractivity contribution in [1.29, 1.82) is 0 Å². The molecular weight excluding hydrogens is 427 g/mol. The van der Waals surface area contributed by atoms with Crippen LogP contribution < -0.4 is 10.9 Å². The first-order valence-corrected chi connectivity index (χ1v) is 11.4. The molecule has 4 aromatic rings. The number of benzene rings is 2. The van der Waals surface area contributed by atoms with Gasteiger partial charge in [0.1, 0.15) is 16.9 Å². The maximum atomic E-state index is 13.8. The van der Waals surface area contributed by atoms with Crippen LogP contribution in [0.4, 0.5) is 10.1 Å². The zero-order valence-corrected chi connectivity index (χ0v) is 18.4. The minimum atomic E-state index is -0.495. The van der Waals surface area contributed by atoms with Crippen LogP contribution in [0.25, 0.3) is 22.2 Å². The second-order valence-corrected chi connectivity index (χ2v) is 8.26. The Morgan fingerprint density at radius 3 is 2.66 bits per heavy atom. The molecule has 6 nitrogen and oxygen atoms in total. The number of carbonyl (C=O) groups is 1. The highest BCUT2D eigenvalue weighted by molar-refractivity contribution is 7.99. The van der Waals surface area contributed by atoms with Crippen LogP contribution in [0.5, 0.6) is 0 Å². The zero-order valence-electron chi connectivity index (χ0n) is 17.6. The highest BCUT2D eigenvalue weighted by Gasteiger charge is 2.17. The number of thioether (sulfide) groups is 1. The second-order valence-electron chi connectivity index (χ2n) is 7.31. The minimum absolute atomic E-state index is 0.00347. The summed E-state index contributed by atoms with van der Waals surface area (Å²) in [4.78, 5) is 33.5. The smallest absolute Gasteiger partial charge is 0.278 e. The van der Waals surface area contributed by atoms with Crippen LogP contribution >= 0.6 is 11.8 Å². The number of amides is 1. The third-order valence-corrected chi connectivity index (χ3v) is 6.03. The van der Waals surface area contributed by atoms with Gasteiger partial charge in [-0.05, 0) is 24.1 Å². The summed E-state index contributed by atoms with van der Waals surface area (Å²) in [6, 6.07) is 15.7. The Labute approximate surface area is 188 Å². The fourth-order valence-electron chi connectivity index (χ4n) is 3.41. The standard InChI is InChI=1S/C24H23FN4O2S/c1-2-3-13-29-23(31)22-21(17(14-26-22)16-9-5-4-6-10-16)28-24(29)32-15-20(30)27-19-12-8-7-11-18(19)25/h4-12,14,26H,2-3,13,15H2,1H3,(H,27,30). The molecular formula is C24H23FN4O2S. The van der Waals surface area contributed by atoms with Crippen LogP contribution in [0, 0.1) is 5.82 Å². The first-order valence-electron chi connectivity index (χ1n) is 10.4. The van der Waals surface area contributed by atoms with Crippen LogP contribution in [0.15, 0.2) is 70.7 Å². The van der Waals surface area contributed by atoms with Gasteiger partial charge in [-0.1, -0.05) is 67.6 Å². The number of halogens is 1. The van der Waals surface area contributed by atoms with Gasteiger partial charge >= 0.3 is 0 Å². The lowest BCUT2D eigenvalue weighted by Crippen LogP contribution is -2.24. The number of rotatable bonds is 8. The summed E-state index contributed by atoms with van der Waals surface area (Å²) in [6.07, 6.45) is 3.52. The lowest BCUT2D eigenvalue weighted by atomic mass is 10.1.